The van der Waals surface area contributed by atoms with Crippen LogP contribution in [0.5, 0.6) is 0 Å². The van der Waals surface area contributed by atoms with Crippen molar-refractivity contribution >= 4 is 44.9 Å². The molecule has 1 aromatic carbocycles. The third-order valence-electron chi connectivity index (χ3n) is 4.89. The summed E-state index contributed by atoms with van der Waals surface area (Å²) in [6.07, 6.45) is 4.11. The molecule has 3 aromatic rings. The molecule has 5 nitrogen and oxygen atoms in total. The van der Waals surface area contributed by atoms with E-state index in [2.05, 4.69) is 10.3 Å². The smallest absolute Gasteiger partial charge is 0.263 e. The van der Waals surface area contributed by atoms with Gasteiger partial charge in [0, 0.05) is 17.5 Å². The number of nitrogens with one attached hydrogen (secondary N) is 1. The Balaban J connectivity index is 1.57. The minimum atomic E-state index is -0.836. The number of nitrogens with zero attached hydrogens (tertiary/aromatic N) is 2. The van der Waals surface area contributed by atoms with Gasteiger partial charge in [-0.1, -0.05) is 11.8 Å². The first kappa shape index (κ1) is 20.0. The van der Waals surface area contributed by atoms with Crippen molar-refractivity contribution in [1.82, 2.24) is 9.55 Å². The first-order valence-corrected chi connectivity index (χ1v) is 11.2. The molecule has 0 radical (unpaired) electrons. The Labute approximate surface area is 174 Å². The topological polar surface area (TPSA) is 64.0 Å². The lowest BCUT2D eigenvalue weighted by Gasteiger charge is -2.12. The van der Waals surface area contributed by atoms with Crippen LogP contribution in [0.1, 0.15) is 30.2 Å². The zero-order valence-corrected chi connectivity index (χ0v) is 17.4. The number of rotatable bonds is 5. The predicted molar refractivity (Wildman–Crippen MR) is 112 cm³/mol. The first-order valence-electron chi connectivity index (χ1n) is 9.40. The lowest BCUT2D eigenvalue weighted by Crippen LogP contribution is -2.24. The lowest BCUT2D eigenvalue weighted by atomic mass is 9.97. The summed E-state index contributed by atoms with van der Waals surface area (Å²) in [7, 11) is 0. The van der Waals surface area contributed by atoms with Gasteiger partial charge in [-0.25, -0.2) is 13.8 Å². The number of amides is 1. The molecule has 2 heterocycles. The highest BCUT2D eigenvalue weighted by molar-refractivity contribution is 7.99. The van der Waals surface area contributed by atoms with Crippen molar-refractivity contribution in [3.8, 4) is 0 Å². The zero-order chi connectivity index (χ0) is 20.5. The maximum atomic E-state index is 13.7. The number of thioether (sulfide) groups is 1. The zero-order valence-electron chi connectivity index (χ0n) is 15.8. The van der Waals surface area contributed by atoms with Crippen LogP contribution >= 0.6 is 23.1 Å². The van der Waals surface area contributed by atoms with Crippen molar-refractivity contribution < 1.29 is 13.6 Å². The molecule has 0 spiro atoms. The van der Waals surface area contributed by atoms with Crippen molar-refractivity contribution in [1.29, 1.82) is 0 Å². The molecule has 29 heavy (non-hydrogen) atoms. The standard InChI is InChI=1S/C20H19F2N3O2S2/c1-2-25-19(27)17-12-5-3-4-6-15(12)29-18(17)24-20(25)28-10-16(26)23-14-8-7-11(21)9-13(14)22/h7-9H,2-6,10H2,1H3,(H,23,26). The number of fused-ring (bicyclic) bond motifs is 3. The van der Waals surface area contributed by atoms with Crippen LogP contribution in [0.25, 0.3) is 10.2 Å². The number of hydrogen-bond donors (Lipinski definition) is 1. The highest BCUT2D eigenvalue weighted by atomic mass is 32.2. The van der Waals surface area contributed by atoms with Crippen molar-refractivity contribution in [2.75, 3.05) is 11.1 Å². The second-order valence-corrected chi connectivity index (χ2v) is 8.82. The molecule has 0 aliphatic heterocycles. The van der Waals surface area contributed by atoms with Crippen LogP contribution in [0.15, 0.2) is 28.2 Å². The van der Waals surface area contributed by atoms with Crippen molar-refractivity contribution in [2.45, 2.75) is 44.3 Å². The summed E-state index contributed by atoms with van der Waals surface area (Å²) in [5.74, 6) is -2.04. The molecule has 1 amide bonds. The minimum Gasteiger partial charge on any atom is -0.323 e. The van der Waals surface area contributed by atoms with Crippen molar-refractivity contribution in [3.05, 3.63) is 50.6 Å². The number of halogens is 2. The van der Waals surface area contributed by atoms with Gasteiger partial charge in [0.2, 0.25) is 5.91 Å². The van der Waals surface area contributed by atoms with Crippen LogP contribution in [-0.2, 0) is 24.2 Å². The summed E-state index contributed by atoms with van der Waals surface area (Å²) in [5.41, 5.74) is 0.987. The van der Waals surface area contributed by atoms with Crippen LogP contribution in [0.4, 0.5) is 14.5 Å². The van der Waals surface area contributed by atoms with Gasteiger partial charge >= 0.3 is 0 Å². The monoisotopic (exact) mass is 435 g/mol. The fourth-order valence-corrected chi connectivity index (χ4v) is 5.68. The van der Waals surface area contributed by atoms with Crippen LogP contribution in [0, 0.1) is 11.6 Å². The van der Waals surface area contributed by atoms with Crippen LogP contribution in [-0.4, -0.2) is 21.2 Å². The third-order valence-corrected chi connectivity index (χ3v) is 7.06. The number of hydrogen-bond acceptors (Lipinski definition) is 5. The molecular weight excluding hydrogens is 416 g/mol. The summed E-state index contributed by atoms with van der Waals surface area (Å²) in [6, 6.07) is 2.97. The van der Waals surface area contributed by atoms with E-state index < -0.39 is 17.5 Å². The number of aromatic nitrogens is 2. The van der Waals surface area contributed by atoms with Gasteiger partial charge in [-0.3, -0.25) is 14.2 Å². The maximum absolute atomic E-state index is 13.7. The van der Waals surface area contributed by atoms with Crippen molar-refractivity contribution in [3.63, 3.8) is 0 Å². The van der Waals surface area contributed by atoms with E-state index in [9.17, 15) is 18.4 Å². The van der Waals surface area contributed by atoms with Gasteiger partial charge in [-0.05, 0) is 50.3 Å². The van der Waals surface area contributed by atoms with E-state index in [0.717, 1.165) is 53.9 Å². The lowest BCUT2D eigenvalue weighted by molar-refractivity contribution is -0.113. The molecule has 152 valence electrons. The summed E-state index contributed by atoms with van der Waals surface area (Å²) in [4.78, 5) is 31.9. The SMILES string of the molecule is CCn1c(SCC(=O)Nc2ccc(F)cc2F)nc2sc3c(c2c1=O)CCCC3. The largest absolute Gasteiger partial charge is 0.323 e. The van der Waals surface area contributed by atoms with Gasteiger partial charge in [0.05, 0.1) is 16.8 Å². The number of aryl methyl sites for hydroxylation is 2. The van der Waals surface area contributed by atoms with Crippen molar-refractivity contribution in [2.24, 2.45) is 0 Å². The first-order chi connectivity index (χ1) is 14.0. The van der Waals surface area contributed by atoms with Crippen LogP contribution < -0.4 is 10.9 Å². The highest BCUT2D eigenvalue weighted by Crippen LogP contribution is 2.34. The van der Waals surface area contributed by atoms with Crippen LogP contribution in [0.3, 0.4) is 0 Å². The van der Waals surface area contributed by atoms with Gasteiger partial charge in [0.1, 0.15) is 16.5 Å². The summed E-state index contributed by atoms with van der Waals surface area (Å²) in [6.45, 7) is 2.31. The average Bonchev–Trinajstić information content (AvgIpc) is 3.07. The predicted octanol–water partition coefficient (Wildman–Crippen LogP) is 4.37. The fourth-order valence-electron chi connectivity index (χ4n) is 3.52. The quantitative estimate of drug-likeness (QED) is 0.478. The Morgan fingerprint density at radius 3 is 2.86 bits per heavy atom. The van der Waals surface area contributed by atoms with E-state index >= 15 is 0 Å². The maximum Gasteiger partial charge on any atom is 0.263 e. The number of carbonyl (C=O) groups excluding carboxylic acids is 1. The second kappa shape index (κ2) is 8.23. The normalized spacial score (nSPS) is 13.5. The summed E-state index contributed by atoms with van der Waals surface area (Å²) in [5, 5.41) is 3.61. The van der Waals surface area contributed by atoms with Gasteiger partial charge in [-0.15, -0.1) is 11.3 Å². The van der Waals surface area contributed by atoms with E-state index in [1.54, 1.807) is 15.9 Å². The molecule has 2 aromatic heterocycles. The molecule has 0 saturated heterocycles. The number of carbonyl (C=O) groups is 1. The van der Waals surface area contributed by atoms with Gasteiger partial charge < -0.3 is 5.32 Å². The molecule has 0 atom stereocenters. The molecule has 1 N–H and O–H groups in total. The van der Waals surface area contributed by atoms with Crippen LogP contribution in [0.2, 0.25) is 0 Å². The minimum absolute atomic E-state index is 0.0418. The van der Waals surface area contributed by atoms with Gasteiger partial charge in [-0.2, -0.15) is 0 Å². The molecule has 9 heteroatoms. The number of anilines is 1. The molecule has 1 aliphatic rings. The molecule has 4 rings (SSSR count). The number of benzene rings is 1. The average molecular weight is 436 g/mol. The molecule has 0 unspecified atom stereocenters. The Morgan fingerprint density at radius 1 is 1.31 bits per heavy atom. The fraction of sp³-hybridized carbons (Fsp3) is 0.350. The molecule has 0 fully saturated rings. The Morgan fingerprint density at radius 2 is 2.10 bits per heavy atom. The van der Waals surface area contributed by atoms with E-state index in [4.69, 9.17) is 0 Å². The van der Waals surface area contributed by atoms with E-state index in [0.29, 0.717) is 23.2 Å². The van der Waals surface area contributed by atoms with Gasteiger partial charge in [0.25, 0.3) is 5.56 Å². The molecule has 1 aliphatic carbocycles. The summed E-state index contributed by atoms with van der Waals surface area (Å²) < 4.78 is 28.3. The molecule has 0 bridgehead atoms. The highest BCUT2D eigenvalue weighted by Gasteiger charge is 2.22. The second-order valence-electron chi connectivity index (χ2n) is 6.80. The molecular formula is C20H19F2N3O2S2. The van der Waals surface area contributed by atoms with Gasteiger partial charge in [0.15, 0.2) is 5.16 Å². The number of thiophene rings is 1. The molecule has 0 saturated carbocycles. The van der Waals surface area contributed by atoms with E-state index in [-0.39, 0.29) is 17.0 Å². The summed E-state index contributed by atoms with van der Waals surface area (Å²) >= 11 is 2.70. The Kier molecular flexibility index (Phi) is 5.69. The Hall–Kier alpha value is -2.26. The van der Waals surface area contributed by atoms with E-state index in [1.165, 1.54) is 10.9 Å². The Bertz CT molecular complexity index is 1160. The van der Waals surface area contributed by atoms with E-state index in [1.807, 2.05) is 6.92 Å². The third kappa shape index (κ3) is 3.93.